The van der Waals surface area contributed by atoms with Crippen molar-refractivity contribution < 1.29 is 5.11 Å². The lowest BCUT2D eigenvalue weighted by atomic mass is 10.1. The Morgan fingerprint density at radius 1 is 1.19 bits per heavy atom. The van der Waals surface area contributed by atoms with Gasteiger partial charge in [-0.1, -0.05) is 30.3 Å². The molecular weight excluding hydrogens is 342 g/mol. The summed E-state index contributed by atoms with van der Waals surface area (Å²) in [6.07, 6.45) is 4.91. The van der Waals surface area contributed by atoms with Gasteiger partial charge < -0.3 is 19.9 Å². The van der Waals surface area contributed by atoms with Gasteiger partial charge in [-0.25, -0.2) is 4.98 Å². The predicted molar refractivity (Wildman–Crippen MR) is 102 cm³/mol. The Morgan fingerprint density at radius 2 is 2.07 bits per heavy atom. The summed E-state index contributed by atoms with van der Waals surface area (Å²) in [5.41, 5.74) is 1.29. The maximum atomic E-state index is 9.70. The summed E-state index contributed by atoms with van der Waals surface area (Å²) in [6, 6.07) is 12.2. The minimum atomic E-state index is -0.278. The number of β-amino-alcohol motifs (C(OH)–C–C–N with tert-alkyl or cyclic N) is 1. The van der Waals surface area contributed by atoms with E-state index in [1.54, 1.807) is 12.5 Å². The molecule has 0 spiro atoms. The zero-order valence-corrected chi connectivity index (χ0v) is 15.1. The number of aliphatic hydroxyl groups is 1. The highest BCUT2D eigenvalue weighted by Crippen LogP contribution is 2.18. The molecule has 1 fully saturated rings. The fraction of sp³-hybridized carbons (Fsp3) is 0.368. The molecule has 3 heterocycles. The first kappa shape index (κ1) is 17.4. The lowest BCUT2D eigenvalue weighted by Crippen LogP contribution is -2.22. The van der Waals surface area contributed by atoms with E-state index >= 15 is 0 Å². The van der Waals surface area contributed by atoms with Crippen molar-refractivity contribution in [2.24, 2.45) is 0 Å². The van der Waals surface area contributed by atoms with E-state index in [2.05, 4.69) is 42.5 Å². The summed E-state index contributed by atoms with van der Waals surface area (Å²) in [6.45, 7) is 2.75. The minimum Gasteiger partial charge on any atom is -0.391 e. The standard InChI is InChI=1S/C19H23N7O/c27-16-8-11-25(13-16)17-6-9-20-19(23-17)21-12-18-24-22-14-26(18)10-7-15-4-2-1-3-5-15/h1-6,9,14,16,27H,7-8,10-13H2,(H,20,21,23). The van der Waals surface area contributed by atoms with Gasteiger partial charge in [0.05, 0.1) is 12.6 Å². The predicted octanol–water partition coefficient (Wildman–Crippen LogP) is 1.49. The number of nitrogens with one attached hydrogen (secondary N) is 1. The van der Waals surface area contributed by atoms with E-state index in [-0.39, 0.29) is 6.10 Å². The van der Waals surface area contributed by atoms with Crippen molar-refractivity contribution >= 4 is 11.8 Å². The summed E-state index contributed by atoms with van der Waals surface area (Å²) in [7, 11) is 0. The second-order valence-electron chi connectivity index (χ2n) is 6.66. The molecule has 0 amide bonds. The van der Waals surface area contributed by atoms with Gasteiger partial charge in [0.25, 0.3) is 0 Å². The van der Waals surface area contributed by atoms with Gasteiger partial charge in [0.1, 0.15) is 12.1 Å². The number of aliphatic hydroxyl groups excluding tert-OH is 1. The van der Waals surface area contributed by atoms with Crippen LogP contribution in [0.25, 0.3) is 0 Å². The SMILES string of the molecule is OC1CCN(c2ccnc(NCc3nncn3CCc3ccccc3)n2)C1. The summed E-state index contributed by atoms with van der Waals surface area (Å²) < 4.78 is 2.04. The second kappa shape index (κ2) is 8.13. The molecule has 1 atom stereocenters. The van der Waals surface area contributed by atoms with Gasteiger partial charge in [0.2, 0.25) is 5.95 Å². The number of anilines is 2. The van der Waals surface area contributed by atoms with Crippen LogP contribution < -0.4 is 10.2 Å². The monoisotopic (exact) mass is 365 g/mol. The van der Waals surface area contributed by atoms with Crippen LogP contribution in [0, 0.1) is 0 Å². The van der Waals surface area contributed by atoms with Crippen LogP contribution in [0.5, 0.6) is 0 Å². The van der Waals surface area contributed by atoms with E-state index in [0.717, 1.165) is 37.6 Å². The fourth-order valence-corrected chi connectivity index (χ4v) is 3.22. The Balaban J connectivity index is 1.36. The molecule has 1 aliphatic heterocycles. The largest absolute Gasteiger partial charge is 0.391 e. The number of benzene rings is 1. The number of aromatic nitrogens is 5. The Hall–Kier alpha value is -3.00. The van der Waals surface area contributed by atoms with Crippen molar-refractivity contribution in [1.29, 1.82) is 0 Å². The molecule has 0 saturated carbocycles. The molecule has 2 aromatic heterocycles. The molecule has 4 rings (SSSR count). The fourth-order valence-electron chi connectivity index (χ4n) is 3.22. The average Bonchev–Trinajstić information content (AvgIpc) is 3.34. The van der Waals surface area contributed by atoms with Gasteiger partial charge in [0.15, 0.2) is 5.82 Å². The van der Waals surface area contributed by atoms with Crippen LogP contribution in [0.15, 0.2) is 48.9 Å². The van der Waals surface area contributed by atoms with Crippen LogP contribution in [-0.2, 0) is 19.5 Å². The molecule has 0 radical (unpaired) electrons. The first-order chi connectivity index (χ1) is 13.3. The third kappa shape index (κ3) is 4.40. The summed E-state index contributed by atoms with van der Waals surface area (Å²) in [5.74, 6) is 2.22. The molecule has 0 bridgehead atoms. The molecule has 0 aliphatic carbocycles. The quantitative estimate of drug-likeness (QED) is 0.655. The van der Waals surface area contributed by atoms with E-state index < -0.39 is 0 Å². The first-order valence-corrected chi connectivity index (χ1v) is 9.18. The van der Waals surface area contributed by atoms with Crippen LogP contribution in [0.2, 0.25) is 0 Å². The molecule has 27 heavy (non-hydrogen) atoms. The molecule has 1 saturated heterocycles. The smallest absolute Gasteiger partial charge is 0.224 e. The molecular formula is C19H23N7O. The average molecular weight is 365 g/mol. The van der Waals surface area contributed by atoms with Crippen molar-refractivity contribution in [3.05, 3.63) is 60.3 Å². The van der Waals surface area contributed by atoms with E-state index in [1.165, 1.54) is 5.56 Å². The maximum absolute atomic E-state index is 9.70. The van der Waals surface area contributed by atoms with Gasteiger partial charge in [0, 0.05) is 25.8 Å². The summed E-state index contributed by atoms with van der Waals surface area (Å²) in [5, 5.41) is 21.2. The highest BCUT2D eigenvalue weighted by Gasteiger charge is 2.21. The van der Waals surface area contributed by atoms with Crippen molar-refractivity contribution in [3.8, 4) is 0 Å². The Kier molecular flexibility index (Phi) is 5.24. The van der Waals surface area contributed by atoms with Crippen LogP contribution in [0.3, 0.4) is 0 Å². The number of nitrogens with zero attached hydrogens (tertiary/aromatic N) is 6. The van der Waals surface area contributed by atoms with Gasteiger partial charge in [-0.15, -0.1) is 10.2 Å². The van der Waals surface area contributed by atoms with Crippen molar-refractivity contribution in [2.75, 3.05) is 23.3 Å². The normalized spacial score (nSPS) is 16.6. The molecule has 140 valence electrons. The van der Waals surface area contributed by atoms with Crippen LogP contribution in [0.1, 0.15) is 17.8 Å². The molecule has 8 heteroatoms. The lowest BCUT2D eigenvalue weighted by Gasteiger charge is -2.17. The second-order valence-corrected chi connectivity index (χ2v) is 6.66. The zero-order valence-electron chi connectivity index (χ0n) is 15.1. The van der Waals surface area contributed by atoms with E-state index in [0.29, 0.717) is 19.0 Å². The van der Waals surface area contributed by atoms with E-state index in [9.17, 15) is 5.11 Å². The summed E-state index contributed by atoms with van der Waals surface area (Å²) in [4.78, 5) is 10.9. The number of rotatable bonds is 7. The van der Waals surface area contributed by atoms with Crippen molar-refractivity contribution in [1.82, 2.24) is 24.7 Å². The van der Waals surface area contributed by atoms with E-state index in [4.69, 9.17) is 0 Å². The lowest BCUT2D eigenvalue weighted by molar-refractivity contribution is 0.198. The number of aryl methyl sites for hydroxylation is 2. The molecule has 3 aromatic rings. The van der Waals surface area contributed by atoms with Gasteiger partial charge in [-0.2, -0.15) is 4.98 Å². The van der Waals surface area contributed by atoms with Gasteiger partial charge >= 0.3 is 0 Å². The van der Waals surface area contributed by atoms with Crippen LogP contribution >= 0.6 is 0 Å². The molecule has 8 nitrogen and oxygen atoms in total. The molecule has 1 unspecified atom stereocenters. The highest BCUT2D eigenvalue weighted by atomic mass is 16.3. The number of hydrogen-bond donors (Lipinski definition) is 2. The van der Waals surface area contributed by atoms with Crippen molar-refractivity contribution in [2.45, 2.75) is 32.0 Å². The molecule has 1 aromatic carbocycles. The first-order valence-electron chi connectivity index (χ1n) is 9.18. The van der Waals surface area contributed by atoms with Crippen molar-refractivity contribution in [3.63, 3.8) is 0 Å². The highest BCUT2D eigenvalue weighted by molar-refractivity contribution is 5.43. The number of hydrogen-bond acceptors (Lipinski definition) is 7. The maximum Gasteiger partial charge on any atom is 0.224 e. The Labute approximate surface area is 157 Å². The Bertz CT molecular complexity index is 867. The molecule has 1 aliphatic rings. The third-order valence-electron chi connectivity index (χ3n) is 4.71. The topological polar surface area (TPSA) is 92.0 Å². The zero-order chi connectivity index (χ0) is 18.5. The summed E-state index contributed by atoms with van der Waals surface area (Å²) >= 11 is 0. The third-order valence-corrected chi connectivity index (χ3v) is 4.71. The minimum absolute atomic E-state index is 0.278. The van der Waals surface area contributed by atoms with Gasteiger partial charge in [-0.3, -0.25) is 0 Å². The molecule has 2 N–H and O–H groups in total. The van der Waals surface area contributed by atoms with Gasteiger partial charge in [-0.05, 0) is 24.5 Å². The van der Waals surface area contributed by atoms with Crippen LogP contribution in [-0.4, -0.2) is 49.0 Å². The van der Waals surface area contributed by atoms with Crippen LogP contribution in [0.4, 0.5) is 11.8 Å². The Morgan fingerprint density at radius 3 is 2.89 bits per heavy atom. The van der Waals surface area contributed by atoms with E-state index in [1.807, 2.05) is 28.8 Å².